The highest BCUT2D eigenvalue weighted by atomic mass is 31.1. The van der Waals surface area contributed by atoms with Crippen LogP contribution < -0.4 is 0 Å². The molecule has 48 valence electrons. The molecule has 0 bridgehead atoms. The maximum atomic E-state index is 10.2. The average molecular weight is 136 g/mol. The molecule has 0 aromatic carbocycles. The van der Waals surface area contributed by atoms with E-state index in [4.69, 9.17) is 4.89 Å². The molecule has 0 aliphatic carbocycles. The van der Waals surface area contributed by atoms with Crippen molar-refractivity contribution in [3.05, 3.63) is 0 Å². The van der Waals surface area contributed by atoms with Gasteiger partial charge in [0.05, 0.1) is 0 Å². The summed E-state index contributed by atoms with van der Waals surface area (Å²) in [6.45, 7) is 4.99. The molecule has 0 amide bonds. The first-order valence-corrected chi connectivity index (χ1v) is 3.79. The zero-order valence-corrected chi connectivity index (χ0v) is 6.06. The number of hydrogen-bond donors (Lipinski definition) is 1. The summed E-state index contributed by atoms with van der Waals surface area (Å²) in [7, 11) is -2.08. The van der Waals surface area contributed by atoms with Gasteiger partial charge in [-0.3, -0.25) is 0 Å². The predicted octanol–water partition coefficient (Wildman–Crippen LogP) is 0.978. The second kappa shape index (κ2) is 3.96. The molecular weight excluding hydrogens is 125 g/mol. The average Bonchev–Trinajstić information content (AvgIpc) is 1.69. The first-order valence-electron chi connectivity index (χ1n) is 2.63. The molecule has 0 spiro atoms. The Morgan fingerprint density at radius 1 is 1.50 bits per heavy atom. The van der Waals surface area contributed by atoms with Gasteiger partial charge in [-0.1, -0.05) is 4.67 Å². The van der Waals surface area contributed by atoms with Gasteiger partial charge in [0.15, 0.2) is 0 Å². The fourth-order valence-electron chi connectivity index (χ4n) is 0.466. The molecule has 0 aromatic rings. The highest BCUT2D eigenvalue weighted by Crippen LogP contribution is 2.18. The molecule has 1 unspecified atom stereocenters. The third-order valence-corrected chi connectivity index (χ3v) is 2.02. The molecular formula is C4H11NO2P+. The van der Waals surface area contributed by atoms with Crippen LogP contribution in [-0.4, -0.2) is 22.7 Å². The monoisotopic (exact) mass is 136 g/mol. The summed E-state index contributed by atoms with van der Waals surface area (Å²) in [6.07, 6.45) is 0. The van der Waals surface area contributed by atoms with E-state index in [1.165, 1.54) is 4.67 Å². The minimum atomic E-state index is -2.08. The van der Waals surface area contributed by atoms with Crippen molar-refractivity contribution >= 4 is 8.18 Å². The third-order valence-electron chi connectivity index (χ3n) is 0.972. The Balaban J connectivity index is 3.52. The summed E-state index contributed by atoms with van der Waals surface area (Å²) >= 11 is 0. The zero-order valence-electron chi connectivity index (χ0n) is 5.16. The van der Waals surface area contributed by atoms with Crippen molar-refractivity contribution in [1.82, 2.24) is 4.67 Å². The summed E-state index contributed by atoms with van der Waals surface area (Å²) in [4.78, 5) is 8.45. The molecule has 1 atom stereocenters. The Labute approximate surface area is 50.2 Å². The number of rotatable bonds is 3. The van der Waals surface area contributed by atoms with E-state index in [0.717, 1.165) is 0 Å². The van der Waals surface area contributed by atoms with E-state index in [-0.39, 0.29) is 0 Å². The standard InChI is InChI=1S/C4H10NO2P/c1-3-5(4-2)8(6)7/h3-4H2,1-2H3/p+1. The van der Waals surface area contributed by atoms with Crippen molar-refractivity contribution in [2.75, 3.05) is 13.1 Å². The van der Waals surface area contributed by atoms with Crippen molar-refractivity contribution in [1.29, 1.82) is 0 Å². The van der Waals surface area contributed by atoms with Gasteiger partial charge in [-0.15, -0.1) is 4.89 Å². The normalized spacial score (nSPS) is 12.2. The number of hydrogen-bond acceptors (Lipinski definition) is 1. The molecule has 3 nitrogen and oxygen atoms in total. The van der Waals surface area contributed by atoms with Crippen molar-refractivity contribution in [3.8, 4) is 0 Å². The zero-order chi connectivity index (χ0) is 6.57. The number of nitrogens with zero attached hydrogens (tertiary/aromatic N) is 1. The summed E-state index contributed by atoms with van der Waals surface area (Å²) in [5, 5.41) is 0. The van der Waals surface area contributed by atoms with Gasteiger partial charge in [0.25, 0.3) is 0 Å². The van der Waals surface area contributed by atoms with Crippen LogP contribution in [0.25, 0.3) is 0 Å². The maximum Gasteiger partial charge on any atom is 0.613 e. The molecule has 8 heavy (non-hydrogen) atoms. The second-order valence-corrected chi connectivity index (χ2v) is 2.46. The van der Waals surface area contributed by atoms with Crippen LogP contribution in [0.3, 0.4) is 0 Å². The van der Waals surface area contributed by atoms with Gasteiger partial charge in [0, 0.05) is 13.1 Å². The van der Waals surface area contributed by atoms with Gasteiger partial charge in [-0.2, -0.15) is 0 Å². The van der Waals surface area contributed by atoms with Crippen LogP contribution in [0.15, 0.2) is 0 Å². The van der Waals surface area contributed by atoms with Gasteiger partial charge in [0.2, 0.25) is 0 Å². The fourth-order valence-corrected chi connectivity index (χ4v) is 0.949. The summed E-state index contributed by atoms with van der Waals surface area (Å²) in [6, 6.07) is 0. The molecule has 1 N–H and O–H groups in total. The van der Waals surface area contributed by atoms with Gasteiger partial charge >= 0.3 is 8.18 Å². The molecule has 0 saturated heterocycles. The van der Waals surface area contributed by atoms with Crippen molar-refractivity contribution < 1.29 is 9.46 Å². The minimum Gasteiger partial charge on any atom is -0.144 e. The third kappa shape index (κ3) is 2.36. The lowest BCUT2D eigenvalue weighted by molar-refractivity contribution is 0.390. The highest BCUT2D eigenvalue weighted by Gasteiger charge is 2.19. The smallest absolute Gasteiger partial charge is 0.144 e. The molecule has 0 radical (unpaired) electrons. The van der Waals surface area contributed by atoms with Crippen LogP contribution >= 0.6 is 8.18 Å². The molecule has 0 fully saturated rings. The Morgan fingerprint density at radius 3 is 1.88 bits per heavy atom. The largest absolute Gasteiger partial charge is 0.613 e. The first kappa shape index (κ1) is 8.02. The van der Waals surface area contributed by atoms with Crippen LogP contribution in [0.5, 0.6) is 0 Å². The molecule has 4 heteroatoms. The summed E-state index contributed by atoms with van der Waals surface area (Å²) < 4.78 is 11.7. The van der Waals surface area contributed by atoms with E-state index in [0.29, 0.717) is 13.1 Å². The molecule has 0 aliphatic heterocycles. The predicted molar refractivity (Wildman–Crippen MR) is 32.7 cm³/mol. The van der Waals surface area contributed by atoms with E-state index in [9.17, 15) is 4.57 Å². The topological polar surface area (TPSA) is 40.5 Å². The van der Waals surface area contributed by atoms with Crippen LogP contribution in [0, 0.1) is 0 Å². The lowest BCUT2D eigenvalue weighted by Crippen LogP contribution is -2.12. The quantitative estimate of drug-likeness (QED) is 0.588. The lowest BCUT2D eigenvalue weighted by atomic mass is 10.7. The molecule has 0 aliphatic rings. The van der Waals surface area contributed by atoms with E-state index in [1.807, 2.05) is 13.8 Å². The van der Waals surface area contributed by atoms with Crippen LogP contribution in [0.1, 0.15) is 13.8 Å². The highest BCUT2D eigenvalue weighted by molar-refractivity contribution is 7.35. The lowest BCUT2D eigenvalue weighted by Gasteiger charge is -1.97. The Hall–Kier alpha value is 0.0200. The first-order chi connectivity index (χ1) is 3.72. The van der Waals surface area contributed by atoms with E-state index in [2.05, 4.69) is 0 Å². The molecule has 0 heterocycles. The Bertz CT molecular complexity index is 82.1. The molecule has 0 aromatic heterocycles. The van der Waals surface area contributed by atoms with Crippen LogP contribution in [0.2, 0.25) is 0 Å². The fraction of sp³-hybridized carbons (Fsp3) is 1.00. The van der Waals surface area contributed by atoms with Crippen molar-refractivity contribution in [2.45, 2.75) is 13.8 Å². The summed E-state index contributed by atoms with van der Waals surface area (Å²) in [5.41, 5.74) is 0. The van der Waals surface area contributed by atoms with Gasteiger partial charge in [-0.25, -0.2) is 0 Å². The Morgan fingerprint density at radius 2 is 1.88 bits per heavy atom. The van der Waals surface area contributed by atoms with Crippen LogP contribution in [0.4, 0.5) is 0 Å². The van der Waals surface area contributed by atoms with E-state index in [1.54, 1.807) is 0 Å². The summed E-state index contributed by atoms with van der Waals surface area (Å²) in [5.74, 6) is 0. The maximum absolute atomic E-state index is 10.2. The van der Waals surface area contributed by atoms with Crippen LogP contribution in [-0.2, 0) is 4.57 Å². The van der Waals surface area contributed by atoms with Gasteiger partial charge < -0.3 is 0 Å². The van der Waals surface area contributed by atoms with Gasteiger partial charge in [-0.05, 0) is 18.4 Å². The van der Waals surface area contributed by atoms with Crippen molar-refractivity contribution in [2.24, 2.45) is 0 Å². The minimum absolute atomic E-state index is 0.641. The van der Waals surface area contributed by atoms with E-state index >= 15 is 0 Å². The SMILES string of the molecule is CCN(CC)[P+](=O)O. The molecule has 0 saturated carbocycles. The van der Waals surface area contributed by atoms with Crippen molar-refractivity contribution in [3.63, 3.8) is 0 Å². The van der Waals surface area contributed by atoms with Gasteiger partial charge in [0.1, 0.15) is 0 Å². The Kier molecular flexibility index (Phi) is 3.97. The molecule has 0 rings (SSSR count). The second-order valence-electron chi connectivity index (χ2n) is 1.39. The van der Waals surface area contributed by atoms with E-state index < -0.39 is 8.18 Å².